The van der Waals surface area contributed by atoms with Crippen LogP contribution in [0.1, 0.15) is 23.1 Å². The first-order valence-electron chi connectivity index (χ1n) is 5.76. The normalized spacial score (nSPS) is 10.1. The van der Waals surface area contributed by atoms with E-state index in [4.69, 9.17) is 4.74 Å². The zero-order chi connectivity index (χ0) is 13.0. The van der Waals surface area contributed by atoms with E-state index in [0.717, 1.165) is 5.69 Å². The maximum Gasteiger partial charge on any atom is 0.294 e. The zero-order valence-electron chi connectivity index (χ0n) is 10.4. The molecular weight excluding hydrogens is 230 g/mol. The van der Waals surface area contributed by atoms with Crippen molar-refractivity contribution in [3.05, 3.63) is 41.7 Å². The van der Waals surface area contributed by atoms with Crippen molar-refractivity contribution < 1.29 is 9.53 Å². The average Bonchev–Trinajstić information content (AvgIpc) is 2.72. The summed E-state index contributed by atoms with van der Waals surface area (Å²) in [7, 11) is 0. The Balaban J connectivity index is 2.14. The molecule has 1 amide bonds. The Kier molecular flexibility index (Phi) is 3.62. The molecule has 2 aromatic rings. The molecule has 5 heteroatoms. The van der Waals surface area contributed by atoms with E-state index in [1.54, 1.807) is 6.92 Å². The highest BCUT2D eigenvalue weighted by molar-refractivity contribution is 6.03. The van der Waals surface area contributed by atoms with Crippen LogP contribution in [0.4, 0.5) is 5.69 Å². The standard InChI is InChI=1S/C13H15N3O2/c1-3-18-13-14-9(2)11(16-13)12(17)15-10-7-5-4-6-8-10/h4-8H,3H2,1-2H3,(H,14,16)(H,15,17). The molecule has 0 radical (unpaired) electrons. The van der Waals surface area contributed by atoms with Crippen molar-refractivity contribution >= 4 is 11.6 Å². The first-order valence-corrected chi connectivity index (χ1v) is 5.76. The van der Waals surface area contributed by atoms with Crippen LogP contribution in [0.15, 0.2) is 30.3 Å². The summed E-state index contributed by atoms with van der Waals surface area (Å²) in [6, 6.07) is 9.63. The van der Waals surface area contributed by atoms with Crippen LogP contribution < -0.4 is 10.1 Å². The minimum absolute atomic E-state index is 0.249. The predicted molar refractivity (Wildman–Crippen MR) is 68.9 cm³/mol. The molecule has 2 rings (SSSR count). The molecule has 0 unspecified atom stereocenters. The van der Waals surface area contributed by atoms with Crippen LogP contribution in [0.25, 0.3) is 0 Å². The molecule has 0 saturated heterocycles. The van der Waals surface area contributed by atoms with Gasteiger partial charge in [-0.2, -0.15) is 4.98 Å². The molecule has 0 atom stereocenters. The molecular formula is C13H15N3O2. The van der Waals surface area contributed by atoms with Crippen LogP contribution in [0.2, 0.25) is 0 Å². The summed E-state index contributed by atoms with van der Waals surface area (Å²) in [5, 5.41) is 2.78. The number of aromatic nitrogens is 2. The van der Waals surface area contributed by atoms with E-state index in [9.17, 15) is 4.79 Å². The second-order valence-corrected chi connectivity index (χ2v) is 3.77. The number of aryl methyl sites for hydroxylation is 1. The van der Waals surface area contributed by atoms with Gasteiger partial charge in [-0.25, -0.2) is 0 Å². The van der Waals surface area contributed by atoms with Crippen molar-refractivity contribution in [1.82, 2.24) is 9.97 Å². The van der Waals surface area contributed by atoms with Crippen LogP contribution in [0.3, 0.4) is 0 Å². The van der Waals surface area contributed by atoms with E-state index in [0.29, 0.717) is 24.0 Å². The third-order valence-electron chi connectivity index (χ3n) is 2.39. The lowest BCUT2D eigenvalue weighted by Gasteiger charge is -2.02. The Morgan fingerprint density at radius 1 is 1.39 bits per heavy atom. The first-order chi connectivity index (χ1) is 8.70. The highest BCUT2D eigenvalue weighted by Crippen LogP contribution is 2.13. The number of benzene rings is 1. The van der Waals surface area contributed by atoms with Crippen molar-refractivity contribution in [2.45, 2.75) is 13.8 Å². The van der Waals surface area contributed by atoms with Gasteiger partial charge in [-0.05, 0) is 26.0 Å². The Morgan fingerprint density at radius 3 is 2.78 bits per heavy atom. The highest BCUT2D eigenvalue weighted by Gasteiger charge is 2.15. The molecule has 0 aliphatic rings. The molecule has 1 aromatic carbocycles. The van der Waals surface area contributed by atoms with Gasteiger partial charge in [-0.15, -0.1) is 0 Å². The summed E-state index contributed by atoms with van der Waals surface area (Å²) in [5.41, 5.74) is 1.78. The molecule has 0 bridgehead atoms. The van der Waals surface area contributed by atoms with Gasteiger partial charge in [0, 0.05) is 11.4 Å². The molecule has 5 nitrogen and oxygen atoms in total. The maximum atomic E-state index is 12.0. The molecule has 0 aliphatic carbocycles. The van der Waals surface area contributed by atoms with Gasteiger partial charge >= 0.3 is 0 Å². The number of para-hydroxylation sites is 1. The van der Waals surface area contributed by atoms with Crippen LogP contribution in [0.5, 0.6) is 6.01 Å². The van der Waals surface area contributed by atoms with E-state index >= 15 is 0 Å². The fourth-order valence-corrected chi connectivity index (χ4v) is 1.57. The molecule has 94 valence electrons. The lowest BCUT2D eigenvalue weighted by Crippen LogP contribution is -2.13. The quantitative estimate of drug-likeness (QED) is 0.869. The Bertz CT molecular complexity index is 534. The lowest BCUT2D eigenvalue weighted by atomic mass is 10.3. The van der Waals surface area contributed by atoms with E-state index in [1.165, 1.54) is 0 Å². The molecule has 18 heavy (non-hydrogen) atoms. The first kappa shape index (κ1) is 12.2. The molecule has 1 aromatic heterocycles. The molecule has 1 heterocycles. The largest absolute Gasteiger partial charge is 0.465 e. The van der Waals surface area contributed by atoms with Crippen molar-refractivity contribution in [3.8, 4) is 6.01 Å². The SMILES string of the molecule is CCOc1nc(C(=O)Nc2ccccc2)c(C)[nH]1. The highest BCUT2D eigenvalue weighted by atomic mass is 16.5. The minimum Gasteiger partial charge on any atom is -0.465 e. The van der Waals surface area contributed by atoms with Gasteiger partial charge in [-0.1, -0.05) is 18.2 Å². The van der Waals surface area contributed by atoms with E-state index in [-0.39, 0.29) is 5.91 Å². The van der Waals surface area contributed by atoms with Crippen LogP contribution in [-0.4, -0.2) is 22.5 Å². The van der Waals surface area contributed by atoms with Crippen LogP contribution in [0, 0.1) is 6.92 Å². The van der Waals surface area contributed by atoms with Gasteiger partial charge in [0.25, 0.3) is 11.9 Å². The fourth-order valence-electron chi connectivity index (χ4n) is 1.57. The number of amides is 1. The number of hydrogen-bond donors (Lipinski definition) is 2. The molecule has 2 N–H and O–H groups in total. The molecule has 0 aliphatic heterocycles. The van der Waals surface area contributed by atoms with Gasteiger partial charge in [0.15, 0.2) is 5.69 Å². The van der Waals surface area contributed by atoms with Crippen LogP contribution >= 0.6 is 0 Å². The summed E-state index contributed by atoms with van der Waals surface area (Å²) >= 11 is 0. The van der Waals surface area contributed by atoms with E-state index < -0.39 is 0 Å². The van der Waals surface area contributed by atoms with E-state index in [2.05, 4.69) is 15.3 Å². The van der Waals surface area contributed by atoms with Crippen molar-refractivity contribution in [3.63, 3.8) is 0 Å². The number of nitrogens with one attached hydrogen (secondary N) is 2. The summed E-state index contributed by atoms with van der Waals surface area (Å²) < 4.78 is 5.22. The number of carbonyl (C=O) groups excluding carboxylic acids is 1. The number of aromatic amines is 1. The van der Waals surface area contributed by atoms with Gasteiger partial charge in [0.1, 0.15) is 0 Å². The van der Waals surface area contributed by atoms with Crippen molar-refractivity contribution in [2.75, 3.05) is 11.9 Å². The van der Waals surface area contributed by atoms with Crippen LogP contribution in [-0.2, 0) is 0 Å². The number of nitrogens with zero attached hydrogens (tertiary/aromatic N) is 1. The smallest absolute Gasteiger partial charge is 0.294 e. The third kappa shape index (κ3) is 2.68. The number of H-pyrrole nitrogens is 1. The Hall–Kier alpha value is -2.30. The summed E-state index contributed by atoms with van der Waals surface area (Å²) in [4.78, 5) is 19.0. The second kappa shape index (κ2) is 5.35. The summed E-state index contributed by atoms with van der Waals surface area (Å²) in [6.45, 7) is 4.16. The zero-order valence-corrected chi connectivity index (χ0v) is 10.4. The molecule has 0 fully saturated rings. The monoisotopic (exact) mass is 245 g/mol. The molecule has 0 spiro atoms. The van der Waals surface area contributed by atoms with Gasteiger partial charge in [0.05, 0.1) is 6.61 Å². The minimum atomic E-state index is -0.249. The third-order valence-corrected chi connectivity index (χ3v) is 2.39. The number of imidazole rings is 1. The summed E-state index contributed by atoms with van der Waals surface area (Å²) in [5.74, 6) is -0.249. The number of rotatable bonds is 4. The van der Waals surface area contributed by atoms with E-state index in [1.807, 2.05) is 37.3 Å². The maximum absolute atomic E-state index is 12.0. The van der Waals surface area contributed by atoms with Gasteiger partial charge < -0.3 is 15.0 Å². The fraction of sp³-hybridized carbons (Fsp3) is 0.231. The van der Waals surface area contributed by atoms with Crippen molar-refractivity contribution in [1.29, 1.82) is 0 Å². The van der Waals surface area contributed by atoms with Crippen molar-refractivity contribution in [2.24, 2.45) is 0 Å². The topological polar surface area (TPSA) is 67.0 Å². The average molecular weight is 245 g/mol. The number of ether oxygens (including phenoxy) is 1. The van der Waals surface area contributed by atoms with Gasteiger partial charge in [0.2, 0.25) is 0 Å². The lowest BCUT2D eigenvalue weighted by molar-refractivity contribution is 0.102. The second-order valence-electron chi connectivity index (χ2n) is 3.77. The van der Waals surface area contributed by atoms with Gasteiger partial charge in [-0.3, -0.25) is 4.79 Å². The predicted octanol–water partition coefficient (Wildman–Crippen LogP) is 2.37. The summed E-state index contributed by atoms with van der Waals surface area (Å²) in [6.07, 6.45) is 0. The molecule has 0 saturated carbocycles. The Labute approximate surface area is 105 Å². The number of anilines is 1. The number of carbonyl (C=O) groups is 1. The number of hydrogen-bond acceptors (Lipinski definition) is 3. The Morgan fingerprint density at radius 2 is 2.11 bits per heavy atom.